The zero-order chi connectivity index (χ0) is 18.9. The number of ether oxygens (including phenoxy) is 2. The van der Waals surface area contributed by atoms with Crippen molar-refractivity contribution in [2.24, 2.45) is 0 Å². The molecule has 0 bridgehead atoms. The lowest BCUT2D eigenvalue weighted by atomic mass is 10.2. The number of methoxy groups -OCH3 is 1. The summed E-state index contributed by atoms with van der Waals surface area (Å²) in [5.74, 6) is 1.76. The summed E-state index contributed by atoms with van der Waals surface area (Å²) in [5, 5.41) is 8.80. The van der Waals surface area contributed by atoms with Gasteiger partial charge in [0.05, 0.1) is 11.5 Å². The number of thiophene rings is 1. The van der Waals surface area contributed by atoms with Crippen molar-refractivity contribution in [3.05, 3.63) is 47.7 Å². The number of nitrogens with one attached hydrogen (secondary N) is 1. The average Bonchev–Trinajstić information content (AvgIpc) is 3.34. The second kappa shape index (κ2) is 9.84. The number of amides is 1. The molecule has 0 fully saturated rings. The Labute approximate surface area is 161 Å². The summed E-state index contributed by atoms with van der Waals surface area (Å²) in [6.07, 6.45) is 1.55. The fourth-order valence-corrected chi connectivity index (χ4v) is 3.04. The number of rotatable bonds is 10. The third-order valence-electron chi connectivity index (χ3n) is 3.68. The van der Waals surface area contributed by atoms with Crippen LogP contribution in [0.4, 0.5) is 5.69 Å². The molecule has 2 heterocycles. The minimum Gasteiger partial charge on any atom is -0.491 e. The summed E-state index contributed by atoms with van der Waals surface area (Å²) in [6, 6.07) is 11.2. The Morgan fingerprint density at radius 3 is 3.00 bits per heavy atom. The van der Waals surface area contributed by atoms with Gasteiger partial charge < -0.3 is 19.3 Å². The van der Waals surface area contributed by atoms with Gasteiger partial charge in [0, 0.05) is 31.7 Å². The van der Waals surface area contributed by atoms with E-state index in [4.69, 9.17) is 14.0 Å². The Morgan fingerprint density at radius 1 is 1.26 bits per heavy atom. The first-order chi connectivity index (χ1) is 13.2. The van der Waals surface area contributed by atoms with Gasteiger partial charge in [-0.3, -0.25) is 4.79 Å². The number of carbonyl (C=O) groups is 1. The van der Waals surface area contributed by atoms with Crippen molar-refractivity contribution in [2.45, 2.75) is 19.3 Å². The van der Waals surface area contributed by atoms with E-state index in [1.54, 1.807) is 24.5 Å². The Bertz CT molecular complexity index is 848. The maximum atomic E-state index is 12.1. The van der Waals surface area contributed by atoms with Crippen LogP contribution in [-0.4, -0.2) is 36.4 Å². The first kappa shape index (κ1) is 19.1. The molecular formula is C19H21N3O4S. The summed E-state index contributed by atoms with van der Waals surface area (Å²) in [6.45, 7) is 0.978. The van der Waals surface area contributed by atoms with Gasteiger partial charge >= 0.3 is 0 Å². The first-order valence-corrected chi connectivity index (χ1v) is 9.50. The topological polar surface area (TPSA) is 86.5 Å². The molecule has 0 spiro atoms. The van der Waals surface area contributed by atoms with Crippen LogP contribution in [0.5, 0.6) is 5.75 Å². The van der Waals surface area contributed by atoms with E-state index in [2.05, 4.69) is 15.5 Å². The van der Waals surface area contributed by atoms with E-state index in [-0.39, 0.29) is 5.91 Å². The predicted molar refractivity (Wildman–Crippen MR) is 103 cm³/mol. The second-order valence-electron chi connectivity index (χ2n) is 5.76. The normalized spacial score (nSPS) is 10.7. The fourth-order valence-electron chi connectivity index (χ4n) is 2.39. The number of aromatic nitrogens is 2. The van der Waals surface area contributed by atoms with Gasteiger partial charge in [-0.05, 0) is 30.0 Å². The highest BCUT2D eigenvalue weighted by Gasteiger charge is 2.10. The minimum atomic E-state index is -0.0676. The van der Waals surface area contributed by atoms with Gasteiger partial charge in [-0.25, -0.2) is 0 Å². The average molecular weight is 387 g/mol. The molecule has 1 aromatic carbocycles. The van der Waals surface area contributed by atoms with Crippen molar-refractivity contribution in [3.8, 4) is 16.5 Å². The van der Waals surface area contributed by atoms with Crippen LogP contribution in [-0.2, 0) is 16.0 Å². The van der Waals surface area contributed by atoms with Gasteiger partial charge in [-0.1, -0.05) is 17.3 Å². The number of nitrogens with zero attached hydrogens (tertiary/aromatic N) is 2. The van der Waals surface area contributed by atoms with E-state index >= 15 is 0 Å². The summed E-state index contributed by atoms with van der Waals surface area (Å²) in [5.41, 5.74) is 0.702. The lowest BCUT2D eigenvalue weighted by Crippen LogP contribution is -2.12. The molecular weight excluding hydrogens is 366 g/mol. The predicted octanol–water partition coefficient (Wildman–Crippen LogP) is 3.78. The number of aryl methyl sites for hydroxylation is 1. The molecule has 0 aliphatic carbocycles. The van der Waals surface area contributed by atoms with E-state index in [9.17, 15) is 4.79 Å². The van der Waals surface area contributed by atoms with E-state index in [0.717, 1.165) is 4.88 Å². The molecule has 1 N–H and O–H groups in total. The Balaban J connectivity index is 1.43. The molecule has 0 atom stereocenters. The summed E-state index contributed by atoms with van der Waals surface area (Å²) in [4.78, 5) is 17.5. The fraction of sp³-hybridized carbons (Fsp3) is 0.316. The van der Waals surface area contributed by atoms with Crippen LogP contribution >= 0.6 is 11.3 Å². The van der Waals surface area contributed by atoms with Crippen LogP contribution in [0.3, 0.4) is 0 Å². The molecule has 0 saturated carbocycles. The van der Waals surface area contributed by atoms with Gasteiger partial charge in [0.15, 0.2) is 0 Å². The number of carbonyl (C=O) groups excluding carboxylic acids is 1. The molecule has 3 rings (SSSR count). The highest BCUT2D eigenvalue weighted by atomic mass is 32.1. The van der Waals surface area contributed by atoms with Gasteiger partial charge in [0.1, 0.15) is 12.4 Å². The molecule has 0 unspecified atom stereocenters. The van der Waals surface area contributed by atoms with Crippen LogP contribution in [0, 0.1) is 0 Å². The summed E-state index contributed by atoms with van der Waals surface area (Å²) < 4.78 is 15.7. The smallest absolute Gasteiger partial charge is 0.226 e. The molecule has 8 heteroatoms. The molecule has 0 radical (unpaired) electrons. The zero-order valence-electron chi connectivity index (χ0n) is 15.0. The molecule has 142 valence electrons. The van der Waals surface area contributed by atoms with Gasteiger partial charge in [-0.2, -0.15) is 4.98 Å². The summed E-state index contributed by atoms with van der Waals surface area (Å²) >= 11 is 1.56. The molecule has 1 amide bonds. The van der Waals surface area contributed by atoms with Crippen LogP contribution < -0.4 is 10.1 Å². The number of hydrogen-bond acceptors (Lipinski definition) is 7. The van der Waals surface area contributed by atoms with Gasteiger partial charge in [-0.15, -0.1) is 11.3 Å². The van der Waals surface area contributed by atoms with Crippen molar-refractivity contribution in [3.63, 3.8) is 0 Å². The van der Waals surface area contributed by atoms with Crippen molar-refractivity contribution in [2.75, 3.05) is 25.6 Å². The van der Waals surface area contributed by atoms with E-state index in [1.807, 2.05) is 35.7 Å². The second-order valence-corrected chi connectivity index (χ2v) is 6.71. The monoisotopic (exact) mass is 387 g/mol. The van der Waals surface area contributed by atoms with Crippen LogP contribution in [0.1, 0.15) is 18.7 Å². The van der Waals surface area contributed by atoms with Crippen LogP contribution in [0.25, 0.3) is 10.7 Å². The maximum absolute atomic E-state index is 12.1. The van der Waals surface area contributed by atoms with E-state index < -0.39 is 0 Å². The van der Waals surface area contributed by atoms with E-state index in [1.165, 1.54) is 0 Å². The van der Waals surface area contributed by atoms with E-state index in [0.29, 0.717) is 55.6 Å². The minimum absolute atomic E-state index is 0.0676. The highest BCUT2D eigenvalue weighted by Crippen LogP contribution is 2.22. The maximum Gasteiger partial charge on any atom is 0.226 e. The highest BCUT2D eigenvalue weighted by molar-refractivity contribution is 7.13. The summed E-state index contributed by atoms with van der Waals surface area (Å²) in [7, 11) is 1.62. The Morgan fingerprint density at radius 2 is 2.19 bits per heavy atom. The lowest BCUT2D eigenvalue weighted by molar-refractivity contribution is -0.116. The largest absolute Gasteiger partial charge is 0.491 e. The molecule has 0 aliphatic rings. The molecule has 27 heavy (non-hydrogen) atoms. The number of anilines is 1. The van der Waals surface area contributed by atoms with Crippen molar-refractivity contribution < 1.29 is 18.8 Å². The SMILES string of the molecule is COCCOc1cccc(NC(=O)CCCc2nc(-c3cccs3)no2)c1. The van der Waals surface area contributed by atoms with Crippen molar-refractivity contribution >= 4 is 22.9 Å². The molecule has 2 aromatic heterocycles. The zero-order valence-corrected chi connectivity index (χ0v) is 15.8. The standard InChI is InChI=1S/C19H21N3O4S/c1-24-10-11-25-15-6-2-5-14(13-15)20-17(23)8-3-9-18-21-19(22-26-18)16-7-4-12-27-16/h2,4-7,12-13H,3,8-11H2,1H3,(H,20,23). The first-order valence-electron chi connectivity index (χ1n) is 8.63. The molecule has 0 saturated heterocycles. The van der Waals surface area contributed by atoms with Gasteiger partial charge in [0.25, 0.3) is 0 Å². The van der Waals surface area contributed by atoms with Gasteiger partial charge in [0.2, 0.25) is 17.6 Å². The van der Waals surface area contributed by atoms with Crippen LogP contribution in [0.15, 0.2) is 46.3 Å². The number of benzene rings is 1. The Kier molecular flexibility index (Phi) is 6.95. The van der Waals surface area contributed by atoms with Crippen molar-refractivity contribution in [1.29, 1.82) is 0 Å². The Hall–Kier alpha value is -2.71. The number of hydrogen-bond donors (Lipinski definition) is 1. The third-order valence-corrected chi connectivity index (χ3v) is 4.54. The third kappa shape index (κ3) is 5.90. The van der Waals surface area contributed by atoms with Crippen LogP contribution in [0.2, 0.25) is 0 Å². The lowest BCUT2D eigenvalue weighted by Gasteiger charge is -2.08. The quantitative estimate of drug-likeness (QED) is 0.533. The van der Waals surface area contributed by atoms with Crippen molar-refractivity contribution in [1.82, 2.24) is 10.1 Å². The molecule has 0 aliphatic heterocycles. The molecule has 7 nitrogen and oxygen atoms in total. The molecule has 3 aromatic rings.